The summed E-state index contributed by atoms with van der Waals surface area (Å²) in [5.74, 6) is 0.732. The summed E-state index contributed by atoms with van der Waals surface area (Å²) < 4.78 is 0. The number of benzene rings is 1. The summed E-state index contributed by atoms with van der Waals surface area (Å²) in [6.07, 6.45) is 4.34. The van der Waals surface area contributed by atoms with Crippen molar-refractivity contribution < 1.29 is 4.79 Å². The third-order valence-corrected chi connectivity index (χ3v) is 3.74. The quantitative estimate of drug-likeness (QED) is 0.615. The first-order valence-corrected chi connectivity index (χ1v) is 6.84. The Morgan fingerprint density at radius 1 is 1.22 bits per heavy atom. The van der Waals surface area contributed by atoms with Crippen LogP contribution in [-0.4, -0.2) is 37.5 Å². The number of hydrogen-bond donors (Lipinski definition) is 1. The van der Waals surface area contributed by atoms with Crippen molar-refractivity contribution in [3.05, 3.63) is 35.9 Å². The van der Waals surface area contributed by atoms with Crippen LogP contribution in [0.25, 0.3) is 0 Å². The van der Waals surface area contributed by atoms with Crippen molar-refractivity contribution in [2.75, 3.05) is 26.2 Å². The van der Waals surface area contributed by atoms with Gasteiger partial charge in [0.1, 0.15) is 0 Å². The lowest BCUT2D eigenvalue weighted by Crippen LogP contribution is -2.34. The van der Waals surface area contributed by atoms with E-state index in [2.05, 4.69) is 40.5 Å². The predicted molar refractivity (Wildman–Crippen MR) is 73.5 cm³/mol. The van der Waals surface area contributed by atoms with E-state index >= 15 is 0 Å². The highest BCUT2D eigenvalue weighted by Gasteiger charge is 2.19. The molecule has 3 nitrogen and oxygen atoms in total. The van der Waals surface area contributed by atoms with Gasteiger partial charge in [-0.1, -0.05) is 30.3 Å². The van der Waals surface area contributed by atoms with Gasteiger partial charge in [0.15, 0.2) is 0 Å². The van der Waals surface area contributed by atoms with Gasteiger partial charge in [-0.05, 0) is 50.4 Å². The fourth-order valence-electron chi connectivity index (χ4n) is 2.68. The fraction of sp³-hybridized carbons (Fsp3) is 0.533. The Bertz CT molecular complexity index is 345. The van der Waals surface area contributed by atoms with E-state index in [0.717, 1.165) is 31.8 Å². The summed E-state index contributed by atoms with van der Waals surface area (Å²) in [5, 5.41) is 2.72. The molecule has 0 aliphatic carbocycles. The molecule has 1 aliphatic heterocycles. The molecule has 1 saturated heterocycles. The zero-order valence-electron chi connectivity index (χ0n) is 10.8. The molecule has 1 fully saturated rings. The molecule has 18 heavy (non-hydrogen) atoms. The van der Waals surface area contributed by atoms with E-state index in [4.69, 9.17) is 0 Å². The van der Waals surface area contributed by atoms with Crippen LogP contribution in [-0.2, 0) is 4.79 Å². The predicted octanol–water partition coefficient (Wildman–Crippen LogP) is 2.00. The second-order valence-electron chi connectivity index (χ2n) is 4.95. The van der Waals surface area contributed by atoms with Gasteiger partial charge in [-0.25, -0.2) is 0 Å². The van der Waals surface area contributed by atoms with Gasteiger partial charge in [0, 0.05) is 6.54 Å². The molecule has 98 valence electrons. The average Bonchev–Trinajstić information content (AvgIpc) is 2.45. The topological polar surface area (TPSA) is 32.3 Å². The molecule has 0 spiro atoms. The van der Waals surface area contributed by atoms with Gasteiger partial charge in [-0.3, -0.25) is 4.79 Å². The molecule has 1 N–H and O–H groups in total. The number of nitrogens with zero attached hydrogens (tertiary/aromatic N) is 1. The van der Waals surface area contributed by atoms with Crippen LogP contribution in [0.4, 0.5) is 0 Å². The third kappa shape index (κ3) is 3.84. The summed E-state index contributed by atoms with van der Waals surface area (Å²) >= 11 is 0. The smallest absolute Gasteiger partial charge is 0.207 e. The van der Waals surface area contributed by atoms with E-state index in [9.17, 15) is 4.79 Å². The lowest BCUT2D eigenvalue weighted by molar-refractivity contribution is -0.109. The minimum Gasteiger partial charge on any atom is -0.359 e. The molecule has 0 saturated carbocycles. The van der Waals surface area contributed by atoms with Crippen LogP contribution in [0.15, 0.2) is 30.3 Å². The molecular weight excluding hydrogens is 224 g/mol. The van der Waals surface area contributed by atoms with Crippen LogP contribution in [0.1, 0.15) is 30.7 Å². The molecule has 0 unspecified atom stereocenters. The zero-order valence-corrected chi connectivity index (χ0v) is 10.8. The second kappa shape index (κ2) is 7.17. The van der Waals surface area contributed by atoms with Gasteiger partial charge < -0.3 is 10.2 Å². The van der Waals surface area contributed by atoms with Gasteiger partial charge in [-0.15, -0.1) is 0 Å². The Morgan fingerprint density at radius 2 is 1.94 bits per heavy atom. The van der Waals surface area contributed by atoms with E-state index in [1.165, 1.54) is 31.5 Å². The number of likely N-dealkylation sites (tertiary alicyclic amines) is 1. The van der Waals surface area contributed by atoms with Crippen molar-refractivity contribution in [1.29, 1.82) is 0 Å². The molecule has 0 atom stereocenters. The number of piperidine rings is 1. The molecule has 3 heteroatoms. The van der Waals surface area contributed by atoms with Crippen LogP contribution >= 0.6 is 0 Å². The molecule has 1 amide bonds. The first kappa shape index (κ1) is 13.1. The highest BCUT2D eigenvalue weighted by Crippen LogP contribution is 2.27. The zero-order chi connectivity index (χ0) is 12.6. The number of hydrogen-bond acceptors (Lipinski definition) is 2. The van der Waals surface area contributed by atoms with Crippen molar-refractivity contribution >= 4 is 6.41 Å². The van der Waals surface area contributed by atoms with Gasteiger partial charge in [-0.2, -0.15) is 0 Å². The minimum atomic E-state index is 0.732. The molecule has 0 aromatic heterocycles. The third-order valence-electron chi connectivity index (χ3n) is 3.74. The molecule has 2 rings (SSSR count). The van der Waals surface area contributed by atoms with Gasteiger partial charge in [0.05, 0.1) is 0 Å². The highest BCUT2D eigenvalue weighted by molar-refractivity contribution is 5.45. The van der Waals surface area contributed by atoms with Crippen LogP contribution in [0.2, 0.25) is 0 Å². The second-order valence-corrected chi connectivity index (χ2v) is 4.95. The van der Waals surface area contributed by atoms with Crippen molar-refractivity contribution in [3.63, 3.8) is 0 Å². The normalized spacial score (nSPS) is 17.6. The van der Waals surface area contributed by atoms with E-state index in [1.54, 1.807) is 0 Å². The number of carbonyl (C=O) groups excluding carboxylic acids is 1. The number of carbonyl (C=O) groups is 1. The summed E-state index contributed by atoms with van der Waals surface area (Å²) in [4.78, 5) is 12.6. The highest BCUT2D eigenvalue weighted by atomic mass is 16.1. The SMILES string of the molecule is O=CNCCCN1CCC(c2ccccc2)CC1. The standard InChI is InChI=1S/C15H22N2O/c18-13-16-9-4-10-17-11-7-15(8-12-17)14-5-2-1-3-6-14/h1-3,5-6,13,15H,4,7-12H2,(H,16,18). The van der Waals surface area contributed by atoms with Crippen molar-refractivity contribution in [2.45, 2.75) is 25.2 Å². The molecule has 1 aliphatic rings. The Hall–Kier alpha value is -1.35. The van der Waals surface area contributed by atoms with Crippen molar-refractivity contribution in [1.82, 2.24) is 10.2 Å². The molecule has 1 heterocycles. The Balaban J connectivity index is 1.70. The minimum absolute atomic E-state index is 0.732. The van der Waals surface area contributed by atoms with Crippen LogP contribution < -0.4 is 5.32 Å². The summed E-state index contributed by atoms with van der Waals surface area (Å²) in [6, 6.07) is 10.8. The van der Waals surface area contributed by atoms with Crippen LogP contribution in [0.3, 0.4) is 0 Å². The fourth-order valence-corrected chi connectivity index (χ4v) is 2.68. The molecule has 1 aromatic carbocycles. The summed E-state index contributed by atoms with van der Waals surface area (Å²) in [6.45, 7) is 4.26. The largest absolute Gasteiger partial charge is 0.359 e. The maximum Gasteiger partial charge on any atom is 0.207 e. The van der Waals surface area contributed by atoms with E-state index in [0.29, 0.717) is 0 Å². The summed E-state index contributed by atoms with van der Waals surface area (Å²) in [7, 11) is 0. The monoisotopic (exact) mass is 246 g/mol. The Labute approximate surface area is 109 Å². The van der Waals surface area contributed by atoms with E-state index < -0.39 is 0 Å². The van der Waals surface area contributed by atoms with Gasteiger partial charge in [0.2, 0.25) is 6.41 Å². The molecule has 0 radical (unpaired) electrons. The van der Waals surface area contributed by atoms with Crippen LogP contribution in [0.5, 0.6) is 0 Å². The van der Waals surface area contributed by atoms with Crippen molar-refractivity contribution in [2.24, 2.45) is 0 Å². The van der Waals surface area contributed by atoms with E-state index in [1.807, 2.05) is 0 Å². The Morgan fingerprint density at radius 3 is 2.61 bits per heavy atom. The summed E-state index contributed by atoms with van der Waals surface area (Å²) in [5.41, 5.74) is 1.49. The lowest BCUT2D eigenvalue weighted by atomic mass is 9.89. The molecule has 0 bridgehead atoms. The van der Waals surface area contributed by atoms with Gasteiger partial charge in [0.25, 0.3) is 0 Å². The average molecular weight is 246 g/mol. The maximum absolute atomic E-state index is 10.1. The van der Waals surface area contributed by atoms with Gasteiger partial charge >= 0.3 is 0 Å². The lowest BCUT2D eigenvalue weighted by Gasteiger charge is -2.32. The first-order chi connectivity index (χ1) is 8.90. The molecular formula is C15H22N2O. The maximum atomic E-state index is 10.1. The number of rotatable bonds is 6. The number of amides is 1. The number of nitrogens with one attached hydrogen (secondary N) is 1. The molecule has 1 aromatic rings. The first-order valence-electron chi connectivity index (χ1n) is 6.84. The van der Waals surface area contributed by atoms with Crippen LogP contribution in [0, 0.1) is 0 Å². The van der Waals surface area contributed by atoms with E-state index in [-0.39, 0.29) is 0 Å². The van der Waals surface area contributed by atoms with Crippen molar-refractivity contribution in [3.8, 4) is 0 Å². The Kier molecular flexibility index (Phi) is 5.21.